The average Bonchev–Trinajstić information content (AvgIpc) is 2.42. The molecule has 2 rings (SSSR count). The van der Waals surface area contributed by atoms with Crippen LogP contribution in [-0.2, 0) is 6.54 Å². The minimum absolute atomic E-state index is 0.113. The van der Waals surface area contributed by atoms with Crippen molar-refractivity contribution in [3.63, 3.8) is 0 Å². The van der Waals surface area contributed by atoms with E-state index in [2.05, 4.69) is 37.2 Å². The molecule has 0 spiro atoms. The largest absolute Gasteiger partial charge is 0.506 e. The highest BCUT2D eigenvalue weighted by Gasteiger charge is 2.08. The highest BCUT2D eigenvalue weighted by atomic mass is 79.9. The maximum absolute atomic E-state index is 12.9. The Balaban J connectivity index is 2.03. The van der Waals surface area contributed by atoms with Gasteiger partial charge >= 0.3 is 0 Å². The van der Waals surface area contributed by atoms with E-state index in [1.54, 1.807) is 12.1 Å². The lowest BCUT2D eigenvalue weighted by Gasteiger charge is -2.15. The van der Waals surface area contributed by atoms with Gasteiger partial charge in [0.2, 0.25) is 0 Å². The molecule has 0 fully saturated rings. The Morgan fingerprint density at radius 3 is 2.25 bits per heavy atom. The predicted octanol–water partition coefficient (Wildman–Crippen LogP) is 4.91. The summed E-state index contributed by atoms with van der Waals surface area (Å²) in [6, 6.07) is 10.3. The van der Waals surface area contributed by atoms with Gasteiger partial charge in [0, 0.05) is 12.6 Å². The minimum atomic E-state index is -0.229. The molecule has 0 aliphatic rings. The van der Waals surface area contributed by atoms with Crippen molar-refractivity contribution in [3.8, 4) is 5.75 Å². The van der Waals surface area contributed by atoms with Crippen molar-refractivity contribution < 1.29 is 9.50 Å². The van der Waals surface area contributed by atoms with E-state index in [9.17, 15) is 9.50 Å². The molecule has 0 saturated carbocycles. The second-order valence-corrected chi connectivity index (χ2v) is 6.27. The zero-order valence-corrected chi connectivity index (χ0v) is 14.0. The maximum atomic E-state index is 12.9. The molecule has 1 atom stereocenters. The molecule has 106 valence electrons. The van der Waals surface area contributed by atoms with Crippen LogP contribution in [0.2, 0.25) is 0 Å². The number of aromatic hydroxyl groups is 1. The summed E-state index contributed by atoms with van der Waals surface area (Å²) in [6.07, 6.45) is 0. The van der Waals surface area contributed by atoms with Crippen LogP contribution in [-0.4, -0.2) is 5.11 Å². The fraction of sp³-hybridized carbons (Fsp3) is 0.200. The number of halogens is 3. The quantitative estimate of drug-likeness (QED) is 0.761. The van der Waals surface area contributed by atoms with Crippen LogP contribution in [0.1, 0.15) is 24.1 Å². The van der Waals surface area contributed by atoms with Crippen LogP contribution in [0.4, 0.5) is 4.39 Å². The van der Waals surface area contributed by atoms with E-state index in [0.717, 1.165) is 11.1 Å². The van der Waals surface area contributed by atoms with Crippen LogP contribution in [0.15, 0.2) is 45.3 Å². The number of rotatable bonds is 4. The lowest BCUT2D eigenvalue weighted by Crippen LogP contribution is -2.18. The summed E-state index contributed by atoms with van der Waals surface area (Å²) in [4.78, 5) is 0. The third-order valence-corrected chi connectivity index (χ3v) is 4.27. The Morgan fingerprint density at radius 1 is 1.15 bits per heavy atom. The van der Waals surface area contributed by atoms with Gasteiger partial charge in [0.05, 0.1) is 8.95 Å². The van der Waals surface area contributed by atoms with E-state index < -0.39 is 0 Å². The second kappa shape index (κ2) is 6.70. The van der Waals surface area contributed by atoms with E-state index in [-0.39, 0.29) is 17.6 Å². The van der Waals surface area contributed by atoms with Gasteiger partial charge in [-0.3, -0.25) is 0 Å². The normalized spacial score (nSPS) is 12.4. The van der Waals surface area contributed by atoms with Crippen molar-refractivity contribution >= 4 is 31.9 Å². The molecule has 0 aromatic heterocycles. The first kappa shape index (κ1) is 15.5. The van der Waals surface area contributed by atoms with E-state index in [1.165, 1.54) is 12.1 Å². The topological polar surface area (TPSA) is 32.3 Å². The van der Waals surface area contributed by atoms with Crippen molar-refractivity contribution in [2.24, 2.45) is 0 Å². The zero-order chi connectivity index (χ0) is 14.7. The van der Waals surface area contributed by atoms with Crippen molar-refractivity contribution in [3.05, 3.63) is 62.3 Å². The van der Waals surface area contributed by atoms with Crippen LogP contribution in [0.5, 0.6) is 5.75 Å². The maximum Gasteiger partial charge on any atom is 0.143 e. The Morgan fingerprint density at radius 2 is 1.70 bits per heavy atom. The first-order valence-corrected chi connectivity index (χ1v) is 7.71. The van der Waals surface area contributed by atoms with Crippen LogP contribution in [0.3, 0.4) is 0 Å². The van der Waals surface area contributed by atoms with Crippen LogP contribution in [0, 0.1) is 5.82 Å². The molecule has 0 amide bonds. The monoisotopic (exact) mass is 401 g/mol. The van der Waals surface area contributed by atoms with E-state index in [0.29, 0.717) is 15.5 Å². The molecule has 5 heteroatoms. The predicted molar refractivity (Wildman–Crippen MR) is 85.2 cm³/mol. The second-order valence-electron chi connectivity index (χ2n) is 4.56. The molecule has 0 aliphatic heterocycles. The van der Waals surface area contributed by atoms with Crippen molar-refractivity contribution in [1.29, 1.82) is 0 Å². The third-order valence-electron chi connectivity index (χ3n) is 3.06. The molecule has 0 unspecified atom stereocenters. The van der Waals surface area contributed by atoms with Gasteiger partial charge < -0.3 is 10.4 Å². The van der Waals surface area contributed by atoms with Crippen molar-refractivity contribution in [2.45, 2.75) is 19.5 Å². The summed E-state index contributed by atoms with van der Waals surface area (Å²) in [6.45, 7) is 2.67. The lowest BCUT2D eigenvalue weighted by molar-refractivity contribution is 0.467. The smallest absolute Gasteiger partial charge is 0.143 e. The van der Waals surface area contributed by atoms with Gasteiger partial charge in [0.1, 0.15) is 11.6 Å². The Kier molecular flexibility index (Phi) is 5.18. The number of hydrogen-bond acceptors (Lipinski definition) is 2. The molecule has 2 aromatic carbocycles. The Bertz CT molecular complexity index is 578. The molecular weight excluding hydrogens is 389 g/mol. The molecule has 2 N–H and O–H groups in total. The Labute approximate surface area is 134 Å². The number of nitrogens with one attached hydrogen (secondary N) is 1. The van der Waals surface area contributed by atoms with Gasteiger partial charge in [-0.2, -0.15) is 0 Å². The van der Waals surface area contributed by atoms with Gasteiger partial charge in [-0.05, 0) is 74.2 Å². The molecule has 0 radical (unpaired) electrons. The molecule has 20 heavy (non-hydrogen) atoms. The third kappa shape index (κ3) is 3.81. The lowest BCUT2D eigenvalue weighted by atomic mass is 10.1. The molecule has 0 heterocycles. The van der Waals surface area contributed by atoms with E-state index in [4.69, 9.17) is 0 Å². The molecular formula is C15H14Br2FNO. The van der Waals surface area contributed by atoms with Crippen LogP contribution >= 0.6 is 31.9 Å². The standard InChI is InChI=1S/C15H14Br2FNO/c1-9(11-2-4-12(18)5-3-11)19-8-10-6-13(16)15(20)14(17)7-10/h2-7,9,19-20H,8H2,1H3/t9-/m0/s1. The molecule has 0 aliphatic carbocycles. The zero-order valence-electron chi connectivity index (χ0n) is 10.8. The van der Waals surface area contributed by atoms with Crippen molar-refractivity contribution in [1.82, 2.24) is 5.32 Å². The molecule has 2 nitrogen and oxygen atoms in total. The molecule has 0 bridgehead atoms. The summed E-state index contributed by atoms with van der Waals surface area (Å²) in [5.41, 5.74) is 2.07. The first-order valence-electron chi connectivity index (χ1n) is 6.13. The van der Waals surface area contributed by atoms with Crippen molar-refractivity contribution in [2.75, 3.05) is 0 Å². The number of hydrogen-bond donors (Lipinski definition) is 2. The van der Waals surface area contributed by atoms with Crippen LogP contribution in [0.25, 0.3) is 0 Å². The summed E-state index contributed by atoms with van der Waals surface area (Å²) >= 11 is 6.61. The highest BCUT2D eigenvalue weighted by Crippen LogP contribution is 2.33. The Hall–Kier alpha value is -0.910. The summed E-state index contributed by atoms with van der Waals surface area (Å²) in [7, 11) is 0. The summed E-state index contributed by atoms with van der Waals surface area (Å²) < 4.78 is 14.2. The minimum Gasteiger partial charge on any atom is -0.506 e. The molecule has 2 aromatic rings. The van der Waals surface area contributed by atoms with Gasteiger partial charge in [-0.25, -0.2) is 4.39 Å². The van der Waals surface area contributed by atoms with Gasteiger partial charge in [-0.1, -0.05) is 12.1 Å². The summed E-state index contributed by atoms with van der Waals surface area (Å²) in [5, 5.41) is 13.0. The van der Waals surface area contributed by atoms with Gasteiger partial charge in [0.25, 0.3) is 0 Å². The average molecular weight is 403 g/mol. The number of benzene rings is 2. The molecule has 0 saturated heterocycles. The number of phenolic OH excluding ortho intramolecular Hbond substituents is 1. The fourth-order valence-electron chi connectivity index (χ4n) is 1.86. The van der Waals surface area contributed by atoms with E-state index >= 15 is 0 Å². The SMILES string of the molecule is C[C@H](NCc1cc(Br)c(O)c(Br)c1)c1ccc(F)cc1. The first-order chi connectivity index (χ1) is 9.47. The van der Waals surface area contributed by atoms with Gasteiger partial charge in [-0.15, -0.1) is 0 Å². The summed E-state index contributed by atoms with van der Waals surface area (Å²) in [5.74, 6) is -0.0346. The van der Waals surface area contributed by atoms with Crippen LogP contribution < -0.4 is 5.32 Å². The fourth-order valence-corrected chi connectivity index (χ4v) is 3.14. The van der Waals surface area contributed by atoms with Gasteiger partial charge in [0.15, 0.2) is 0 Å². The number of phenols is 1. The van der Waals surface area contributed by atoms with E-state index in [1.807, 2.05) is 19.1 Å². The highest BCUT2D eigenvalue weighted by molar-refractivity contribution is 9.11.